The molecule has 1 aromatic heterocycles. The van der Waals surface area contributed by atoms with E-state index in [-0.39, 0.29) is 5.41 Å². The van der Waals surface area contributed by atoms with E-state index in [1.807, 2.05) is 6.92 Å². The van der Waals surface area contributed by atoms with Crippen LogP contribution in [0.3, 0.4) is 0 Å². The molecule has 0 radical (unpaired) electrons. The molecule has 0 saturated carbocycles. The standard InChI is InChI=1S/C17H24N2O/c1-10-7-13(17(4,5)6)8-11(2)15(10)16-12(3)20-14(9-18)19-16/h7-8H,9,18H2,1-6H3. The van der Waals surface area contributed by atoms with Crippen LogP contribution in [0.1, 0.15) is 49.1 Å². The van der Waals surface area contributed by atoms with Crippen molar-refractivity contribution in [2.24, 2.45) is 5.73 Å². The maximum atomic E-state index is 5.61. The Kier molecular flexibility index (Phi) is 3.74. The van der Waals surface area contributed by atoms with Crippen molar-refractivity contribution >= 4 is 0 Å². The minimum Gasteiger partial charge on any atom is -0.444 e. The lowest BCUT2D eigenvalue weighted by molar-refractivity contribution is 0.474. The van der Waals surface area contributed by atoms with E-state index >= 15 is 0 Å². The number of hydrogen-bond acceptors (Lipinski definition) is 3. The molecule has 3 nitrogen and oxygen atoms in total. The largest absolute Gasteiger partial charge is 0.444 e. The molecule has 0 bridgehead atoms. The number of nitrogens with zero attached hydrogens (tertiary/aromatic N) is 1. The quantitative estimate of drug-likeness (QED) is 0.898. The number of oxazole rings is 1. The first-order chi connectivity index (χ1) is 9.24. The van der Waals surface area contributed by atoms with Crippen molar-refractivity contribution in [3.05, 3.63) is 40.5 Å². The number of benzene rings is 1. The van der Waals surface area contributed by atoms with Gasteiger partial charge in [0.05, 0.1) is 6.54 Å². The van der Waals surface area contributed by atoms with Crippen molar-refractivity contribution in [2.45, 2.75) is 53.5 Å². The van der Waals surface area contributed by atoms with Crippen molar-refractivity contribution in [3.8, 4) is 11.3 Å². The van der Waals surface area contributed by atoms with Crippen LogP contribution in [-0.2, 0) is 12.0 Å². The van der Waals surface area contributed by atoms with Crippen molar-refractivity contribution < 1.29 is 4.42 Å². The fourth-order valence-corrected chi connectivity index (χ4v) is 2.54. The minimum atomic E-state index is 0.148. The molecule has 0 fully saturated rings. The predicted octanol–water partition coefficient (Wildman–Crippen LogP) is 4.02. The maximum Gasteiger partial charge on any atom is 0.208 e. The minimum absolute atomic E-state index is 0.148. The molecule has 0 aliphatic rings. The van der Waals surface area contributed by atoms with E-state index in [4.69, 9.17) is 10.2 Å². The summed E-state index contributed by atoms with van der Waals surface area (Å²) in [5.41, 5.74) is 11.6. The first-order valence-corrected chi connectivity index (χ1v) is 7.02. The van der Waals surface area contributed by atoms with Crippen molar-refractivity contribution in [3.63, 3.8) is 0 Å². The smallest absolute Gasteiger partial charge is 0.208 e. The van der Waals surface area contributed by atoms with Gasteiger partial charge in [0.1, 0.15) is 11.5 Å². The molecule has 0 aliphatic heterocycles. The van der Waals surface area contributed by atoms with Crippen LogP contribution >= 0.6 is 0 Å². The van der Waals surface area contributed by atoms with E-state index in [2.05, 4.69) is 51.7 Å². The Morgan fingerprint density at radius 2 is 1.65 bits per heavy atom. The van der Waals surface area contributed by atoms with E-state index < -0.39 is 0 Å². The highest BCUT2D eigenvalue weighted by Crippen LogP contribution is 2.33. The molecule has 1 aromatic carbocycles. The summed E-state index contributed by atoms with van der Waals surface area (Å²) >= 11 is 0. The monoisotopic (exact) mass is 272 g/mol. The van der Waals surface area contributed by atoms with Gasteiger partial charge in [0, 0.05) is 5.56 Å². The Balaban J connectivity index is 2.61. The van der Waals surface area contributed by atoms with Gasteiger partial charge in [0.2, 0.25) is 5.89 Å². The van der Waals surface area contributed by atoms with Crippen molar-refractivity contribution in [1.29, 1.82) is 0 Å². The number of aromatic nitrogens is 1. The molecule has 3 heteroatoms. The normalized spacial score (nSPS) is 11.9. The lowest BCUT2D eigenvalue weighted by Crippen LogP contribution is -2.12. The van der Waals surface area contributed by atoms with Gasteiger partial charge in [-0.1, -0.05) is 32.9 Å². The molecule has 20 heavy (non-hydrogen) atoms. The molecule has 0 spiro atoms. The fourth-order valence-electron chi connectivity index (χ4n) is 2.54. The average molecular weight is 272 g/mol. The second-order valence-electron chi connectivity index (χ2n) is 6.45. The lowest BCUT2D eigenvalue weighted by Gasteiger charge is -2.22. The molecular weight excluding hydrogens is 248 g/mol. The Hall–Kier alpha value is -1.61. The fraction of sp³-hybridized carbons (Fsp3) is 0.471. The number of aryl methyl sites for hydroxylation is 3. The topological polar surface area (TPSA) is 52.0 Å². The highest BCUT2D eigenvalue weighted by atomic mass is 16.4. The van der Waals surface area contributed by atoms with Gasteiger partial charge in [0.25, 0.3) is 0 Å². The highest BCUT2D eigenvalue weighted by Gasteiger charge is 2.19. The second-order valence-corrected chi connectivity index (χ2v) is 6.45. The van der Waals surface area contributed by atoms with Crippen LogP contribution in [0.5, 0.6) is 0 Å². The third kappa shape index (κ3) is 2.63. The Bertz CT molecular complexity index is 610. The van der Waals surface area contributed by atoms with Crippen LogP contribution in [0.25, 0.3) is 11.3 Å². The third-order valence-corrected chi connectivity index (χ3v) is 3.65. The Labute approximate surface area is 121 Å². The zero-order valence-corrected chi connectivity index (χ0v) is 13.3. The third-order valence-electron chi connectivity index (χ3n) is 3.65. The van der Waals surface area contributed by atoms with E-state index in [1.54, 1.807) is 0 Å². The summed E-state index contributed by atoms with van der Waals surface area (Å²) in [6, 6.07) is 4.50. The summed E-state index contributed by atoms with van der Waals surface area (Å²) in [7, 11) is 0. The number of hydrogen-bond donors (Lipinski definition) is 1. The summed E-state index contributed by atoms with van der Waals surface area (Å²) in [5.74, 6) is 1.43. The molecular formula is C17H24N2O. The number of nitrogens with two attached hydrogens (primary N) is 1. The van der Waals surface area contributed by atoms with Crippen LogP contribution in [-0.4, -0.2) is 4.98 Å². The molecule has 2 N–H and O–H groups in total. The lowest BCUT2D eigenvalue weighted by atomic mass is 9.83. The Morgan fingerprint density at radius 1 is 1.10 bits per heavy atom. The van der Waals surface area contributed by atoms with Crippen LogP contribution in [0.2, 0.25) is 0 Å². The first-order valence-electron chi connectivity index (χ1n) is 7.02. The summed E-state index contributed by atoms with van der Waals surface area (Å²) in [4.78, 5) is 4.52. The molecule has 0 aliphatic carbocycles. The van der Waals surface area contributed by atoms with Gasteiger partial charge in [-0.2, -0.15) is 0 Å². The molecule has 1 heterocycles. The molecule has 2 aromatic rings. The van der Waals surface area contributed by atoms with Gasteiger partial charge in [-0.05, 0) is 42.9 Å². The van der Waals surface area contributed by atoms with E-state index in [0.717, 1.165) is 11.5 Å². The van der Waals surface area contributed by atoms with Gasteiger partial charge in [-0.15, -0.1) is 0 Å². The van der Waals surface area contributed by atoms with Crippen LogP contribution in [0.4, 0.5) is 0 Å². The highest BCUT2D eigenvalue weighted by molar-refractivity contribution is 5.70. The van der Waals surface area contributed by atoms with Crippen molar-refractivity contribution in [1.82, 2.24) is 4.98 Å². The average Bonchev–Trinajstić information content (AvgIpc) is 2.69. The van der Waals surface area contributed by atoms with Gasteiger partial charge in [-0.25, -0.2) is 4.98 Å². The zero-order valence-electron chi connectivity index (χ0n) is 13.3. The molecule has 108 valence electrons. The summed E-state index contributed by atoms with van der Waals surface area (Å²) in [6.07, 6.45) is 0. The van der Waals surface area contributed by atoms with E-state index in [9.17, 15) is 0 Å². The number of rotatable bonds is 2. The summed E-state index contributed by atoms with van der Waals surface area (Å²) in [6.45, 7) is 13.2. The molecule has 0 atom stereocenters. The van der Waals surface area contributed by atoms with Gasteiger partial charge in [-0.3, -0.25) is 0 Å². The summed E-state index contributed by atoms with van der Waals surface area (Å²) in [5, 5.41) is 0. The zero-order chi connectivity index (χ0) is 15.1. The van der Waals surface area contributed by atoms with Crippen LogP contribution < -0.4 is 5.73 Å². The summed E-state index contributed by atoms with van der Waals surface area (Å²) < 4.78 is 5.59. The van der Waals surface area contributed by atoms with Crippen LogP contribution in [0.15, 0.2) is 16.5 Å². The first kappa shape index (κ1) is 14.8. The molecule has 0 saturated heterocycles. The second kappa shape index (κ2) is 5.06. The van der Waals surface area contributed by atoms with Crippen LogP contribution in [0, 0.1) is 20.8 Å². The molecule has 0 unspecified atom stereocenters. The van der Waals surface area contributed by atoms with Gasteiger partial charge in [0.15, 0.2) is 0 Å². The van der Waals surface area contributed by atoms with E-state index in [0.29, 0.717) is 12.4 Å². The molecule has 0 amide bonds. The van der Waals surface area contributed by atoms with Gasteiger partial charge >= 0.3 is 0 Å². The van der Waals surface area contributed by atoms with Gasteiger partial charge < -0.3 is 10.2 Å². The Morgan fingerprint density at radius 3 is 2.05 bits per heavy atom. The maximum absolute atomic E-state index is 5.61. The predicted molar refractivity (Wildman–Crippen MR) is 82.7 cm³/mol. The SMILES string of the molecule is Cc1cc(C(C)(C)C)cc(C)c1-c1nc(CN)oc1C. The van der Waals surface area contributed by atoms with E-state index in [1.165, 1.54) is 22.3 Å². The van der Waals surface area contributed by atoms with Crippen molar-refractivity contribution in [2.75, 3.05) is 0 Å². The molecule has 2 rings (SSSR count).